The number of nitrogens with one attached hydrogen (secondary N) is 2. The molecule has 2 bridgehead atoms. The maximum atomic E-state index is 12.6. The minimum absolute atomic E-state index is 0.213. The number of aliphatic hydroxyl groups is 1. The van der Waals surface area contributed by atoms with E-state index in [4.69, 9.17) is 0 Å². The molecule has 0 aromatic rings. The standard InChI is InChI=1S/C29H36N2O4/c1-3-21-19-22-13-8-4-7-11-17-26(33)30-18-12-15-24-28(34)27(29(35)31-24)25(32)16-10-6-5-9-14-23(22)20(21)2/h4-11,13-14,16-17,20-24,32H,3,12,15,18-19H2,1-2H3,(H,30,33)(H,31,35)/b6-5+,7-4+,13-8+,14-9+,16-10+,17-11?,27-25?/t20-,21+,22-,23+,24+/m1/s1. The van der Waals surface area contributed by atoms with Crippen molar-refractivity contribution in [2.75, 3.05) is 6.54 Å². The molecule has 3 rings (SSSR count). The number of carbonyl (C=O) groups is 3. The van der Waals surface area contributed by atoms with Crippen LogP contribution in [-0.2, 0) is 14.4 Å². The summed E-state index contributed by atoms with van der Waals surface area (Å²) in [7, 11) is 0. The van der Waals surface area contributed by atoms with Crippen LogP contribution in [0.25, 0.3) is 0 Å². The molecule has 0 unspecified atom stereocenters. The molecule has 2 amide bonds. The highest BCUT2D eigenvalue weighted by atomic mass is 16.3. The first-order valence-electron chi connectivity index (χ1n) is 12.5. The summed E-state index contributed by atoms with van der Waals surface area (Å²) in [6.07, 6.45) is 25.4. The van der Waals surface area contributed by atoms with Crippen molar-refractivity contribution in [1.82, 2.24) is 10.6 Å². The molecule has 6 heteroatoms. The Hall–Kier alpha value is -3.41. The SMILES string of the molecule is CC[C@H]1C[C@H]2/C=C/C=C/C=CC(=O)NCCC[C@@H]3NC(=O)C(=C(O)/C=C/C=C/C=C/[C@H]2[C@@H]1C)C3=O. The minimum atomic E-state index is -0.691. The van der Waals surface area contributed by atoms with Crippen LogP contribution in [0.3, 0.4) is 0 Å². The number of aliphatic hydroxyl groups excluding tert-OH is 1. The molecule has 5 atom stereocenters. The summed E-state index contributed by atoms with van der Waals surface area (Å²) in [5.41, 5.74) is -0.215. The molecule has 186 valence electrons. The van der Waals surface area contributed by atoms with Crippen molar-refractivity contribution in [3.8, 4) is 0 Å². The van der Waals surface area contributed by atoms with E-state index in [1.807, 2.05) is 24.3 Å². The summed E-state index contributed by atoms with van der Waals surface area (Å²) in [6, 6.07) is -0.691. The van der Waals surface area contributed by atoms with Gasteiger partial charge in [0, 0.05) is 12.6 Å². The van der Waals surface area contributed by atoms with Crippen molar-refractivity contribution < 1.29 is 19.5 Å². The molecule has 0 spiro atoms. The van der Waals surface area contributed by atoms with Gasteiger partial charge in [0.15, 0.2) is 5.78 Å². The lowest BCUT2D eigenvalue weighted by molar-refractivity contribution is -0.118. The summed E-state index contributed by atoms with van der Waals surface area (Å²) < 4.78 is 0. The molecule has 6 nitrogen and oxygen atoms in total. The monoisotopic (exact) mass is 476 g/mol. The second-order valence-electron chi connectivity index (χ2n) is 9.35. The van der Waals surface area contributed by atoms with Crippen LogP contribution in [0, 0.1) is 23.7 Å². The first-order chi connectivity index (χ1) is 16.9. The Balaban J connectivity index is 1.80. The number of rotatable bonds is 1. The van der Waals surface area contributed by atoms with Gasteiger partial charge >= 0.3 is 0 Å². The van der Waals surface area contributed by atoms with Gasteiger partial charge in [0.2, 0.25) is 5.91 Å². The van der Waals surface area contributed by atoms with Crippen LogP contribution < -0.4 is 10.6 Å². The fourth-order valence-electron chi connectivity index (χ4n) is 5.12. The Bertz CT molecular complexity index is 1010. The molecule has 0 aromatic heterocycles. The maximum absolute atomic E-state index is 12.6. The average Bonchev–Trinajstić information content (AvgIpc) is 3.29. The van der Waals surface area contributed by atoms with Crippen LogP contribution in [0.15, 0.2) is 84.2 Å². The zero-order valence-electron chi connectivity index (χ0n) is 20.5. The van der Waals surface area contributed by atoms with E-state index in [2.05, 4.69) is 42.7 Å². The van der Waals surface area contributed by atoms with E-state index in [0.717, 1.165) is 12.8 Å². The zero-order chi connectivity index (χ0) is 25.2. The van der Waals surface area contributed by atoms with Gasteiger partial charge in [-0.05, 0) is 49.0 Å². The summed E-state index contributed by atoms with van der Waals surface area (Å²) >= 11 is 0. The number of ketones is 1. The van der Waals surface area contributed by atoms with E-state index in [-0.39, 0.29) is 17.2 Å². The van der Waals surface area contributed by atoms with Gasteiger partial charge in [-0.25, -0.2) is 0 Å². The third-order valence-electron chi connectivity index (χ3n) is 7.12. The average molecular weight is 477 g/mol. The van der Waals surface area contributed by atoms with E-state index in [0.29, 0.717) is 43.1 Å². The topological polar surface area (TPSA) is 95.5 Å². The predicted molar refractivity (Wildman–Crippen MR) is 138 cm³/mol. The van der Waals surface area contributed by atoms with Crippen LogP contribution in [0.4, 0.5) is 0 Å². The predicted octanol–water partition coefficient (Wildman–Crippen LogP) is 4.41. The fraction of sp³-hybridized carbons (Fsp3) is 0.414. The Labute approximate surface area is 207 Å². The summed E-state index contributed by atoms with van der Waals surface area (Å²) in [6.45, 7) is 4.94. The van der Waals surface area contributed by atoms with Gasteiger partial charge in [0.1, 0.15) is 11.3 Å². The molecular formula is C29H36N2O4. The van der Waals surface area contributed by atoms with Gasteiger partial charge in [0.25, 0.3) is 5.91 Å². The van der Waals surface area contributed by atoms with E-state index >= 15 is 0 Å². The fourth-order valence-corrected chi connectivity index (χ4v) is 5.12. The van der Waals surface area contributed by atoms with Crippen LogP contribution >= 0.6 is 0 Å². The van der Waals surface area contributed by atoms with Gasteiger partial charge < -0.3 is 15.7 Å². The molecule has 35 heavy (non-hydrogen) atoms. The molecule has 2 aliphatic heterocycles. The van der Waals surface area contributed by atoms with E-state index in [9.17, 15) is 19.5 Å². The Morgan fingerprint density at radius 1 is 0.943 bits per heavy atom. The minimum Gasteiger partial charge on any atom is -0.507 e. The zero-order valence-corrected chi connectivity index (χ0v) is 20.5. The lowest BCUT2D eigenvalue weighted by atomic mass is 9.87. The van der Waals surface area contributed by atoms with Crippen molar-refractivity contribution in [2.45, 2.75) is 45.6 Å². The number of Topliss-reactive ketones (excluding diaryl/α,β-unsaturated/α-hetero) is 1. The third kappa shape index (κ3) is 7.04. The molecule has 3 N–H and O–H groups in total. The number of hydrogen-bond donors (Lipinski definition) is 3. The van der Waals surface area contributed by atoms with Gasteiger partial charge in [0.05, 0.1) is 6.04 Å². The second-order valence-corrected chi connectivity index (χ2v) is 9.35. The van der Waals surface area contributed by atoms with Crippen LogP contribution in [0.2, 0.25) is 0 Å². The second kappa shape index (κ2) is 12.9. The van der Waals surface area contributed by atoms with E-state index in [1.54, 1.807) is 18.2 Å². The van der Waals surface area contributed by atoms with E-state index in [1.165, 1.54) is 12.2 Å². The van der Waals surface area contributed by atoms with Crippen LogP contribution in [0.5, 0.6) is 0 Å². The Kier molecular flexibility index (Phi) is 9.65. The largest absolute Gasteiger partial charge is 0.507 e. The molecule has 1 saturated heterocycles. The first-order valence-corrected chi connectivity index (χ1v) is 12.5. The van der Waals surface area contributed by atoms with Crippen molar-refractivity contribution >= 4 is 17.6 Å². The van der Waals surface area contributed by atoms with Gasteiger partial charge in [-0.2, -0.15) is 0 Å². The van der Waals surface area contributed by atoms with Crippen LogP contribution in [-0.4, -0.2) is 35.3 Å². The molecular weight excluding hydrogens is 440 g/mol. The molecule has 2 heterocycles. The highest BCUT2D eigenvalue weighted by Gasteiger charge is 2.38. The Morgan fingerprint density at radius 3 is 2.37 bits per heavy atom. The Morgan fingerprint density at radius 2 is 1.63 bits per heavy atom. The molecule has 0 aromatic carbocycles. The van der Waals surface area contributed by atoms with Crippen molar-refractivity contribution in [3.05, 3.63) is 84.2 Å². The quantitative estimate of drug-likeness (QED) is 0.489. The molecule has 0 radical (unpaired) electrons. The molecule has 2 fully saturated rings. The van der Waals surface area contributed by atoms with Crippen molar-refractivity contribution in [2.24, 2.45) is 23.7 Å². The highest BCUT2D eigenvalue weighted by Crippen LogP contribution is 2.44. The van der Waals surface area contributed by atoms with Gasteiger partial charge in [-0.15, -0.1) is 0 Å². The van der Waals surface area contributed by atoms with Crippen molar-refractivity contribution in [1.29, 1.82) is 0 Å². The normalized spacial score (nSPS) is 35.0. The van der Waals surface area contributed by atoms with Gasteiger partial charge in [-0.3, -0.25) is 14.4 Å². The lowest BCUT2D eigenvalue weighted by Gasteiger charge is -2.18. The highest BCUT2D eigenvalue weighted by molar-refractivity contribution is 6.27. The molecule has 1 aliphatic carbocycles. The number of carbonyl (C=O) groups excluding carboxylic acids is 3. The summed E-state index contributed by atoms with van der Waals surface area (Å²) in [5, 5.41) is 15.7. The summed E-state index contributed by atoms with van der Waals surface area (Å²) in [4.78, 5) is 36.8. The number of fused-ring (bicyclic) bond motifs is 3. The first kappa shape index (κ1) is 26.2. The number of hydrogen-bond acceptors (Lipinski definition) is 4. The van der Waals surface area contributed by atoms with Gasteiger partial charge in [-0.1, -0.05) is 81.0 Å². The smallest absolute Gasteiger partial charge is 0.259 e. The summed E-state index contributed by atoms with van der Waals surface area (Å²) in [5.74, 6) is 0.579. The van der Waals surface area contributed by atoms with Crippen LogP contribution in [0.1, 0.15) is 39.5 Å². The third-order valence-corrected chi connectivity index (χ3v) is 7.12. The van der Waals surface area contributed by atoms with Crippen molar-refractivity contribution in [3.63, 3.8) is 0 Å². The number of allylic oxidation sites excluding steroid dienone is 11. The maximum Gasteiger partial charge on any atom is 0.259 e. The van der Waals surface area contributed by atoms with E-state index < -0.39 is 17.7 Å². The molecule has 3 aliphatic rings. The molecule has 1 saturated carbocycles. The number of amides is 2. The lowest BCUT2D eigenvalue weighted by Crippen LogP contribution is -2.30.